The zero-order valence-electron chi connectivity index (χ0n) is 20.0. The zero-order valence-corrected chi connectivity index (χ0v) is 20.0. The number of carbonyl (C=O) groups excluding carboxylic acids is 2. The standard InChI is InChI=1S/C29H28N4O3/c34-28-23-8-4-9-24-26(23)33(17-15-30-28)27(31-24)22-13-11-20(12-14-22)18-32-16-5-10-25(32)29(35)36-19-21-6-2-1-3-7-21/h1-4,6-9,11-14,25H,5,10,15-19H2,(H,30,34)/t25-/m1/s1. The predicted molar refractivity (Wildman–Crippen MR) is 137 cm³/mol. The summed E-state index contributed by atoms with van der Waals surface area (Å²) in [5, 5.41) is 2.97. The Labute approximate surface area is 209 Å². The number of likely N-dealkylation sites (tertiary alicyclic amines) is 1. The SMILES string of the molecule is O=C1NCCn2c(-c3ccc(CN4CCC[C@@H]4C(=O)OCc4ccccc4)cc3)nc3cccc1c32. The van der Waals surface area contributed by atoms with Crippen molar-refractivity contribution in [2.45, 2.75) is 38.6 Å². The molecule has 4 aromatic rings. The quantitative estimate of drug-likeness (QED) is 0.420. The largest absolute Gasteiger partial charge is 0.460 e. The van der Waals surface area contributed by atoms with E-state index in [1.165, 1.54) is 0 Å². The number of rotatable bonds is 6. The summed E-state index contributed by atoms with van der Waals surface area (Å²) < 4.78 is 7.76. The Kier molecular flexibility index (Phi) is 5.99. The van der Waals surface area contributed by atoms with Crippen LogP contribution in [-0.2, 0) is 29.2 Å². The number of hydrogen-bond donors (Lipinski definition) is 1. The molecule has 7 nitrogen and oxygen atoms in total. The lowest BCUT2D eigenvalue weighted by molar-refractivity contribution is -0.150. The molecule has 2 aliphatic heterocycles. The van der Waals surface area contributed by atoms with Crippen molar-refractivity contribution in [2.75, 3.05) is 13.1 Å². The van der Waals surface area contributed by atoms with Crippen LogP contribution in [0.5, 0.6) is 0 Å². The van der Waals surface area contributed by atoms with Gasteiger partial charge in [0.2, 0.25) is 0 Å². The number of amides is 1. The third-order valence-corrected chi connectivity index (χ3v) is 7.09. The van der Waals surface area contributed by atoms with Crippen LogP contribution >= 0.6 is 0 Å². The molecule has 182 valence electrons. The van der Waals surface area contributed by atoms with Crippen LogP contribution in [0.3, 0.4) is 0 Å². The first kappa shape index (κ1) is 22.5. The van der Waals surface area contributed by atoms with Crippen LogP contribution in [0.15, 0.2) is 72.8 Å². The minimum absolute atomic E-state index is 0.0522. The van der Waals surface area contributed by atoms with Crippen LogP contribution in [0.4, 0.5) is 0 Å². The van der Waals surface area contributed by atoms with E-state index in [9.17, 15) is 9.59 Å². The van der Waals surface area contributed by atoms with Gasteiger partial charge in [0.25, 0.3) is 5.91 Å². The van der Waals surface area contributed by atoms with Crippen molar-refractivity contribution in [2.24, 2.45) is 0 Å². The summed E-state index contributed by atoms with van der Waals surface area (Å²) in [6, 6.07) is 23.6. The minimum atomic E-state index is -0.206. The molecule has 1 fully saturated rings. The molecule has 7 heteroatoms. The van der Waals surface area contributed by atoms with Crippen molar-refractivity contribution < 1.29 is 14.3 Å². The zero-order chi connectivity index (χ0) is 24.5. The van der Waals surface area contributed by atoms with Gasteiger partial charge in [0.1, 0.15) is 18.5 Å². The molecule has 1 N–H and O–H groups in total. The molecule has 36 heavy (non-hydrogen) atoms. The van der Waals surface area contributed by atoms with Crippen molar-refractivity contribution in [3.05, 3.63) is 89.5 Å². The summed E-state index contributed by atoms with van der Waals surface area (Å²) in [7, 11) is 0. The van der Waals surface area contributed by atoms with Crippen molar-refractivity contribution in [3.63, 3.8) is 0 Å². The number of ether oxygens (including phenoxy) is 1. The Bertz CT molecular complexity index is 1410. The maximum absolute atomic E-state index is 12.8. The number of nitrogens with zero attached hydrogens (tertiary/aromatic N) is 3. The van der Waals surface area contributed by atoms with Gasteiger partial charge in [-0.1, -0.05) is 60.7 Å². The van der Waals surface area contributed by atoms with Gasteiger partial charge < -0.3 is 14.6 Å². The summed E-state index contributed by atoms with van der Waals surface area (Å²) in [6.45, 7) is 3.14. The third kappa shape index (κ3) is 4.27. The average Bonchev–Trinajstić information content (AvgIpc) is 3.48. The number of aromatic nitrogens is 2. The predicted octanol–water partition coefficient (Wildman–Crippen LogP) is 4.15. The van der Waals surface area contributed by atoms with E-state index in [0.29, 0.717) is 31.8 Å². The molecule has 0 unspecified atom stereocenters. The van der Waals surface area contributed by atoms with Gasteiger partial charge in [-0.3, -0.25) is 14.5 Å². The Morgan fingerprint density at radius 3 is 2.64 bits per heavy atom. The van der Waals surface area contributed by atoms with Crippen LogP contribution in [-0.4, -0.2) is 45.5 Å². The molecule has 1 amide bonds. The van der Waals surface area contributed by atoms with E-state index in [0.717, 1.165) is 52.9 Å². The number of hydrogen-bond acceptors (Lipinski definition) is 5. The van der Waals surface area contributed by atoms with Gasteiger partial charge in [-0.05, 0) is 42.6 Å². The summed E-state index contributed by atoms with van der Waals surface area (Å²) in [4.78, 5) is 32.3. The van der Waals surface area contributed by atoms with Crippen molar-refractivity contribution >= 4 is 22.9 Å². The maximum Gasteiger partial charge on any atom is 0.323 e. The first-order chi connectivity index (χ1) is 17.7. The fourth-order valence-corrected chi connectivity index (χ4v) is 5.28. The van der Waals surface area contributed by atoms with E-state index in [4.69, 9.17) is 9.72 Å². The normalized spacial score (nSPS) is 17.7. The third-order valence-electron chi connectivity index (χ3n) is 7.09. The average molecular weight is 481 g/mol. The van der Waals surface area contributed by atoms with Crippen molar-refractivity contribution in [1.82, 2.24) is 19.8 Å². The Balaban J connectivity index is 1.17. The molecule has 1 atom stereocenters. The molecular formula is C29H28N4O3. The van der Waals surface area contributed by atoms with Crippen LogP contribution in [0.2, 0.25) is 0 Å². The Morgan fingerprint density at radius 1 is 0.972 bits per heavy atom. The van der Waals surface area contributed by atoms with Gasteiger partial charge in [-0.25, -0.2) is 4.98 Å². The number of benzene rings is 3. The van der Waals surface area contributed by atoms with Crippen molar-refractivity contribution in [1.29, 1.82) is 0 Å². The molecule has 0 saturated carbocycles. The fourth-order valence-electron chi connectivity index (χ4n) is 5.28. The second kappa shape index (κ2) is 9.59. The van der Waals surface area contributed by atoms with Gasteiger partial charge in [0.15, 0.2) is 0 Å². The first-order valence-corrected chi connectivity index (χ1v) is 12.5. The minimum Gasteiger partial charge on any atom is -0.460 e. The second-order valence-electron chi connectivity index (χ2n) is 9.43. The second-order valence-corrected chi connectivity index (χ2v) is 9.43. The highest BCUT2D eigenvalue weighted by atomic mass is 16.5. The van der Waals surface area contributed by atoms with Gasteiger partial charge in [0.05, 0.1) is 16.6 Å². The van der Waals surface area contributed by atoms with Gasteiger partial charge in [0, 0.05) is 25.2 Å². The lowest BCUT2D eigenvalue weighted by Crippen LogP contribution is -2.36. The number of imidazole rings is 1. The fraction of sp³-hybridized carbons (Fsp3) is 0.276. The summed E-state index contributed by atoms with van der Waals surface area (Å²) in [6.07, 6.45) is 1.81. The summed E-state index contributed by atoms with van der Waals surface area (Å²) >= 11 is 0. The van der Waals surface area contributed by atoms with E-state index in [2.05, 4.69) is 39.0 Å². The first-order valence-electron chi connectivity index (χ1n) is 12.5. The molecule has 6 rings (SSSR count). The van der Waals surface area contributed by atoms with E-state index in [1.807, 2.05) is 48.5 Å². The molecule has 1 saturated heterocycles. The van der Waals surface area contributed by atoms with E-state index in [-0.39, 0.29) is 17.9 Å². The van der Waals surface area contributed by atoms with Gasteiger partial charge in [-0.15, -0.1) is 0 Å². The lowest BCUT2D eigenvalue weighted by Gasteiger charge is -2.23. The Morgan fingerprint density at radius 2 is 1.81 bits per heavy atom. The number of esters is 1. The number of nitrogens with one attached hydrogen (secondary N) is 1. The molecule has 0 aliphatic carbocycles. The molecule has 0 spiro atoms. The van der Waals surface area contributed by atoms with Gasteiger partial charge in [-0.2, -0.15) is 0 Å². The Hall–Kier alpha value is -3.97. The van der Waals surface area contributed by atoms with Gasteiger partial charge >= 0.3 is 5.97 Å². The highest BCUT2D eigenvalue weighted by molar-refractivity contribution is 6.06. The monoisotopic (exact) mass is 480 g/mol. The smallest absolute Gasteiger partial charge is 0.323 e. The van der Waals surface area contributed by atoms with E-state index in [1.54, 1.807) is 0 Å². The molecule has 1 aromatic heterocycles. The van der Waals surface area contributed by atoms with Crippen LogP contribution in [0, 0.1) is 0 Å². The lowest BCUT2D eigenvalue weighted by atomic mass is 10.1. The molecule has 3 heterocycles. The summed E-state index contributed by atoms with van der Waals surface area (Å²) in [5.41, 5.74) is 5.54. The molecule has 0 radical (unpaired) electrons. The molecular weight excluding hydrogens is 452 g/mol. The highest BCUT2D eigenvalue weighted by Gasteiger charge is 2.32. The maximum atomic E-state index is 12.8. The molecule has 0 bridgehead atoms. The van der Waals surface area contributed by atoms with Crippen LogP contribution < -0.4 is 5.32 Å². The molecule has 3 aromatic carbocycles. The summed E-state index contributed by atoms with van der Waals surface area (Å²) in [5.74, 6) is 0.666. The van der Waals surface area contributed by atoms with Crippen LogP contribution in [0.1, 0.15) is 34.3 Å². The van der Waals surface area contributed by atoms with E-state index < -0.39 is 0 Å². The molecule has 2 aliphatic rings. The highest BCUT2D eigenvalue weighted by Crippen LogP contribution is 2.29. The van der Waals surface area contributed by atoms with Crippen molar-refractivity contribution in [3.8, 4) is 11.4 Å². The van der Waals surface area contributed by atoms with E-state index >= 15 is 0 Å². The topological polar surface area (TPSA) is 76.5 Å². The number of carbonyl (C=O) groups is 2. The number of para-hydroxylation sites is 1. The van der Waals surface area contributed by atoms with Crippen LogP contribution in [0.25, 0.3) is 22.4 Å².